The summed E-state index contributed by atoms with van der Waals surface area (Å²) in [5, 5.41) is 2.65. The van der Waals surface area contributed by atoms with Crippen LogP contribution in [0.1, 0.15) is 87.0 Å². The monoisotopic (exact) mass is 341 g/mol. The molecule has 138 valence electrons. The van der Waals surface area contributed by atoms with Gasteiger partial charge in [0.1, 0.15) is 0 Å². The summed E-state index contributed by atoms with van der Waals surface area (Å²) in [6, 6.07) is 0. The molecule has 0 aromatic carbocycles. The van der Waals surface area contributed by atoms with Crippen LogP contribution >= 0.6 is 0 Å². The van der Waals surface area contributed by atoms with Crippen molar-refractivity contribution in [3.8, 4) is 0 Å². The number of unbranched alkanes of at least 4 members (excludes halogenated alkanes) is 2. The van der Waals surface area contributed by atoms with Crippen LogP contribution in [0.3, 0.4) is 0 Å². The van der Waals surface area contributed by atoms with Crippen LogP contribution in [0.25, 0.3) is 0 Å². The highest BCUT2D eigenvalue weighted by Crippen LogP contribution is 2.21. The van der Waals surface area contributed by atoms with E-state index in [2.05, 4.69) is 53.4 Å². The fraction of sp³-hybridized carbons (Fsp3) is 1.00. The van der Waals surface area contributed by atoms with Crippen LogP contribution in [0.2, 0.25) is 10.6 Å². The van der Waals surface area contributed by atoms with Gasteiger partial charge in [0.15, 0.2) is 0 Å². The summed E-state index contributed by atoms with van der Waals surface area (Å²) in [6.07, 6.45) is 7.96. The zero-order valence-corrected chi connectivity index (χ0v) is 18.4. The molecule has 0 N–H and O–H groups in total. The van der Waals surface area contributed by atoms with Crippen molar-refractivity contribution in [1.29, 1.82) is 0 Å². The highest BCUT2D eigenvalue weighted by atomic mass is 27.2. The molecular weight excluding hydrogens is 297 g/mol. The van der Waals surface area contributed by atoms with E-state index >= 15 is 0 Å². The van der Waals surface area contributed by atoms with Crippen LogP contribution < -0.4 is 0 Å². The molecule has 1 unspecified atom stereocenters. The third kappa shape index (κ3) is 12.5. The van der Waals surface area contributed by atoms with Crippen LogP contribution in [0.15, 0.2) is 0 Å². The van der Waals surface area contributed by atoms with E-state index in [0.717, 1.165) is 11.8 Å². The standard InChI is InChI=1S/C12H26NO.2C4H9.Al/c1-4-7-10-13(11-8-5-2)12(14)9-6-3;2*1-4(2)3;/h12H,4-11H2,1-3H3;2*4H,1H2,2-3H3;/q-1;;;+1. The van der Waals surface area contributed by atoms with E-state index < -0.39 is 14.5 Å². The van der Waals surface area contributed by atoms with Gasteiger partial charge in [0.2, 0.25) is 0 Å². The van der Waals surface area contributed by atoms with Gasteiger partial charge in [-0.2, -0.15) is 0 Å². The van der Waals surface area contributed by atoms with Gasteiger partial charge in [0.25, 0.3) is 0 Å². The average molecular weight is 342 g/mol. The Bertz CT molecular complexity index is 240. The van der Waals surface area contributed by atoms with Crippen LogP contribution in [-0.2, 0) is 3.79 Å². The molecule has 0 aliphatic rings. The molecule has 3 heteroatoms. The first-order valence-electron chi connectivity index (χ1n) is 10.3. The fourth-order valence-corrected chi connectivity index (χ4v) is 6.46. The SMILES string of the molecule is CCCCN(CCCC)C(CCC)[O][Al]([CH2]C(C)C)[CH2]C(C)C. The predicted octanol–water partition coefficient (Wildman–Crippen LogP) is 6.33. The van der Waals surface area contributed by atoms with Gasteiger partial charge in [-0.1, -0.05) is 90.1 Å². The smallest absolute Gasteiger partial charge is 0.462 e. The molecule has 23 heavy (non-hydrogen) atoms. The van der Waals surface area contributed by atoms with Crippen molar-refractivity contribution in [2.24, 2.45) is 11.8 Å². The van der Waals surface area contributed by atoms with Crippen LogP contribution in [0.4, 0.5) is 0 Å². The van der Waals surface area contributed by atoms with Gasteiger partial charge in [0.05, 0.1) is 6.23 Å². The zero-order valence-electron chi connectivity index (χ0n) is 17.2. The molecule has 0 saturated heterocycles. The molecule has 0 fully saturated rings. The van der Waals surface area contributed by atoms with Crippen LogP contribution in [-0.4, -0.2) is 38.7 Å². The van der Waals surface area contributed by atoms with Gasteiger partial charge in [-0.05, 0) is 19.3 Å². The van der Waals surface area contributed by atoms with Crippen LogP contribution in [0, 0.1) is 11.8 Å². The highest BCUT2D eigenvalue weighted by molar-refractivity contribution is 6.52. The Morgan fingerprint density at radius 3 is 1.61 bits per heavy atom. The second kappa shape index (κ2) is 14.8. The van der Waals surface area contributed by atoms with Gasteiger partial charge < -0.3 is 3.79 Å². The Balaban J connectivity index is 4.87. The maximum Gasteiger partial charge on any atom is 0.462 e. The minimum absolute atomic E-state index is 0.382. The van der Waals surface area contributed by atoms with Crippen molar-refractivity contribution >= 4 is 14.5 Å². The van der Waals surface area contributed by atoms with E-state index in [-0.39, 0.29) is 0 Å². The molecule has 0 aliphatic heterocycles. The van der Waals surface area contributed by atoms with Crippen molar-refractivity contribution in [2.45, 2.75) is 104 Å². The lowest BCUT2D eigenvalue weighted by Crippen LogP contribution is -2.42. The minimum atomic E-state index is -1.10. The lowest BCUT2D eigenvalue weighted by atomic mass is 10.2. The highest BCUT2D eigenvalue weighted by Gasteiger charge is 2.28. The molecule has 0 aromatic rings. The maximum absolute atomic E-state index is 6.83. The molecular formula is C20H44AlNO. The lowest BCUT2D eigenvalue weighted by molar-refractivity contribution is 0.0122. The van der Waals surface area contributed by atoms with Crippen molar-refractivity contribution < 1.29 is 3.79 Å². The van der Waals surface area contributed by atoms with Gasteiger partial charge in [-0.3, -0.25) is 4.90 Å². The first-order chi connectivity index (χ1) is 10.9. The molecule has 0 heterocycles. The second-order valence-corrected chi connectivity index (χ2v) is 10.5. The zero-order chi connectivity index (χ0) is 17.7. The normalized spacial score (nSPS) is 13.3. The van der Waals surface area contributed by atoms with E-state index in [0.29, 0.717) is 6.23 Å². The molecule has 1 atom stereocenters. The Hall–Kier alpha value is 0.452. The molecule has 0 radical (unpaired) electrons. The minimum Gasteiger partial charge on any atom is -0.487 e. The van der Waals surface area contributed by atoms with Gasteiger partial charge in [-0.15, -0.1) is 0 Å². The molecule has 0 rings (SSSR count). The summed E-state index contributed by atoms with van der Waals surface area (Å²) in [6.45, 7) is 18.7. The maximum atomic E-state index is 6.83. The van der Waals surface area contributed by atoms with Crippen molar-refractivity contribution in [1.82, 2.24) is 4.90 Å². The van der Waals surface area contributed by atoms with Gasteiger partial charge in [-0.25, -0.2) is 0 Å². The van der Waals surface area contributed by atoms with E-state index in [9.17, 15) is 0 Å². The summed E-state index contributed by atoms with van der Waals surface area (Å²) in [4.78, 5) is 2.66. The summed E-state index contributed by atoms with van der Waals surface area (Å²) in [5.41, 5.74) is 0. The number of hydrogen-bond donors (Lipinski definition) is 0. The largest absolute Gasteiger partial charge is 0.487 e. The van der Waals surface area contributed by atoms with Crippen molar-refractivity contribution in [3.63, 3.8) is 0 Å². The quantitative estimate of drug-likeness (QED) is 0.255. The van der Waals surface area contributed by atoms with E-state index in [1.807, 2.05) is 0 Å². The van der Waals surface area contributed by atoms with Gasteiger partial charge in [0, 0.05) is 13.1 Å². The Labute approximate surface area is 152 Å². The number of rotatable bonds is 15. The molecule has 0 bridgehead atoms. The Morgan fingerprint density at radius 2 is 1.26 bits per heavy atom. The fourth-order valence-electron chi connectivity index (χ4n) is 3.19. The van der Waals surface area contributed by atoms with E-state index in [4.69, 9.17) is 3.79 Å². The third-order valence-electron chi connectivity index (χ3n) is 4.36. The average Bonchev–Trinajstić information content (AvgIpc) is 2.45. The molecule has 0 saturated carbocycles. The summed E-state index contributed by atoms with van der Waals surface area (Å²) in [7, 11) is 0. The summed E-state index contributed by atoms with van der Waals surface area (Å²) >= 11 is -1.10. The molecule has 0 amide bonds. The first-order valence-corrected chi connectivity index (χ1v) is 12.4. The van der Waals surface area contributed by atoms with E-state index in [1.54, 1.807) is 0 Å². The Kier molecular flexibility index (Phi) is 15.1. The van der Waals surface area contributed by atoms with Crippen molar-refractivity contribution in [3.05, 3.63) is 0 Å². The lowest BCUT2D eigenvalue weighted by Gasteiger charge is -2.35. The number of hydrogen-bond acceptors (Lipinski definition) is 2. The first kappa shape index (κ1) is 23.5. The topological polar surface area (TPSA) is 12.5 Å². The summed E-state index contributed by atoms with van der Waals surface area (Å²) < 4.78 is 6.83. The predicted molar refractivity (Wildman–Crippen MR) is 106 cm³/mol. The van der Waals surface area contributed by atoms with Crippen LogP contribution in [0.5, 0.6) is 0 Å². The third-order valence-corrected chi connectivity index (χ3v) is 8.00. The molecule has 2 nitrogen and oxygen atoms in total. The molecule has 0 aliphatic carbocycles. The van der Waals surface area contributed by atoms with Gasteiger partial charge >= 0.3 is 14.5 Å². The molecule has 0 aromatic heterocycles. The number of nitrogens with zero attached hydrogens (tertiary/aromatic N) is 1. The van der Waals surface area contributed by atoms with Crippen molar-refractivity contribution in [2.75, 3.05) is 13.1 Å². The molecule has 0 spiro atoms. The van der Waals surface area contributed by atoms with E-state index in [1.165, 1.54) is 62.2 Å². The Morgan fingerprint density at radius 1 is 0.783 bits per heavy atom. The summed E-state index contributed by atoms with van der Waals surface area (Å²) in [5.74, 6) is 1.54. The second-order valence-electron chi connectivity index (χ2n) is 8.00.